The lowest BCUT2D eigenvalue weighted by atomic mass is 10.0. The van der Waals surface area contributed by atoms with E-state index in [0.29, 0.717) is 31.6 Å². The Morgan fingerprint density at radius 2 is 0.500 bits per heavy atom. The summed E-state index contributed by atoms with van der Waals surface area (Å²) in [5, 5.41) is 10.6. The molecule has 0 saturated carbocycles. The molecule has 0 fully saturated rings. The number of carbonyl (C=O) groups excluding carboxylic acids is 4. The minimum atomic E-state index is -4.95. The molecule has 0 amide bonds. The monoisotopic (exact) mass is 1350 g/mol. The topological polar surface area (TPSA) is 237 Å². The highest BCUT2D eigenvalue weighted by atomic mass is 31.2. The minimum Gasteiger partial charge on any atom is -0.462 e. The third-order valence-electron chi connectivity index (χ3n) is 16.9. The highest BCUT2D eigenvalue weighted by Crippen LogP contribution is 2.45. The predicted octanol–water partition coefficient (Wildman–Crippen LogP) is 21.0. The van der Waals surface area contributed by atoms with Crippen molar-refractivity contribution in [2.24, 2.45) is 17.8 Å². The SMILES string of the molecule is CCCCCCCCCCCC(=O)OC[C@H](COP(=O)(O)OC[C@H](O)COP(=O)(O)OC[C@@H](COC(=O)CCCCCCCCCCCCCCCC(C)C)OC(=O)CCCCCCCCCCCCCCCCCC(C)C)OC(=O)CCCCCCCCC(C)C. The lowest BCUT2D eigenvalue weighted by Gasteiger charge is -2.21. The van der Waals surface area contributed by atoms with Gasteiger partial charge in [-0.15, -0.1) is 0 Å². The molecule has 0 spiro atoms. The van der Waals surface area contributed by atoms with E-state index in [1.807, 2.05) is 0 Å². The van der Waals surface area contributed by atoms with Crippen LogP contribution in [-0.2, 0) is 65.4 Å². The summed E-state index contributed by atoms with van der Waals surface area (Å²) in [4.78, 5) is 72.6. The third kappa shape index (κ3) is 66.7. The van der Waals surface area contributed by atoms with Crippen molar-refractivity contribution in [3.05, 3.63) is 0 Å². The van der Waals surface area contributed by atoms with Crippen LogP contribution < -0.4 is 0 Å². The van der Waals surface area contributed by atoms with E-state index in [1.165, 1.54) is 180 Å². The van der Waals surface area contributed by atoms with Crippen molar-refractivity contribution in [3.8, 4) is 0 Å². The molecule has 3 N–H and O–H groups in total. The van der Waals surface area contributed by atoms with Crippen LogP contribution >= 0.6 is 15.6 Å². The summed E-state index contributed by atoms with van der Waals surface area (Å²) in [6, 6.07) is 0. The van der Waals surface area contributed by atoms with Crippen molar-refractivity contribution in [3.63, 3.8) is 0 Å². The maximum absolute atomic E-state index is 13.1. The number of ether oxygens (including phenoxy) is 4. The molecule has 0 aliphatic rings. The largest absolute Gasteiger partial charge is 0.472 e. The fraction of sp³-hybridized carbons (Fsp3) is 0.945. The molecule has 0 aromatic heterocycles. The van der Waals surface area contributed by atoms with E-state index in [2.05, 4.69) is 48.5 Å². The average molecular weight is 1350 g/mol. The number of rotatable bonds is 71. The molecule has 0 aliphatic carbocycles. The molecule has 0 aromatic carbocycles. The normalized spacial score (nSPS) is 14.1. The Morgan fingerprint density at radius 3 is 0.739 bits per heavy atom. The Labute approximate surface area is 562 Å². The molecule has 5 atom stereocenters. The summed E-state index contributed by atoms with van der Waals surface area (Å²) in [7, 11) is -9.90. The van der Waals surface area contributed by atoms with E-state index in [9.17, 15) is 43.2 Å². The lowest BCUT2D eigenvalue weighted by Crippen LogP contribution is -2.30. The molecule has 0 rings (SSSR count). The standard InChI is InChI=1S/C73H142O17P2/c1-8-9-10-11-12-25-32-40-47-54-70(75)83-61-69(90-73(78)57-50-43-36-35-39-46-53-66(6)7)63-88-92(81,82)86-59-67(74)58-85-91(79,80)87-62-68(60-84-71(76)55-48-41-33-28-23-20-16-18-22-27-31-38-45-52-65(4)5)89-72(77)56-49-42-34-29-24-19-15-13-14-17-21-26-30-37-44-51-64(2)3/h64-69,74H,8-63H2,1-7H3,(H,79,80)(H,81,82)/t67-,68-,69-/m1/s1. The summed E-state index contributed by atoms with van der Waals surface area (Å²) in [5.41, 5.74) is 0. The maximum Gasteiger partial charge on any atom is 0.472 e. The molecule has 0 bridgehead atoms. The van der Waals surface area contributed by atoms with Crippen LogP contribution in [0.3, 0.4) is 0 Å². The molecule has 17 nitrogen and oxygen atoms in total. The van der Waals surface area contributed by atoms with Crippen LogP contribution in [0, 0.1) is 17.8 Å². The van der Waals surface area contributed by atoms with Crippen LogP contribution in [0.4, 0.5) is 0 Å². The van der Waals surface area contributed by atoms with Crippen LogP contribution in [0.25, 0.3) is 0 Å². The molecule has 92 heavy (non-hydrogen) atoms. The van der Waals surface area contributed by atoms with Gasteiger partial charge < -0.3 is 33.8 Å². The molecule has 19 heteroatoms. The number of carbonyl (C=O) groups is 4. The summed E-state index contributed by atoms with van der Waals surface area (Å²) in [6.45, 7) is 11.8. The van der Waals surface area contributed by atoms with Gasteiger partial charge in [0, 0.05) is 25.7 Å². The van der Waals surface area contributed by atoms with Crippen molar-refractivity contribution in [2.45, 2.75) is 388 Å². The van der Waals surface area contributed by atoms with Gasteiger partial charge in [-0.3, -0.25) is 37.3 Å². The van der Waals surface area contributed by atoms with Crippen molar-refractivity contribution in [1.29, 1.82) is 0 Å². The van der Waals surface area contributed by atoms with Crippen LogP contribution in [0.1, 0.15) is 370 Å². The highest BCUT2D eigenvalue weighted by Gasteiger charge is 2.30. The van der Waals surface area contributed by atoms with Crippen LogP contribution in [-0.4, -0.2) is 96.7 Å². The first-order chi connectivity index (χ1) is 44.2. The van der Waals surface area contributed by atoms with Crippen molar-refractivity contribution < 1.29 is 80.2 Å². The Morgan fingerprint density at radius 1 is 0.293 bits per heavy atom. The van der Waals surface area contributed by atoms with Gasteiger partial charge in [-0.2, -0.15) is 0 Å². The lowest BCUT2D eigenvalue weighted by molar-refractivity contribution is -0.161. The number of hydrogen-bond donors (Lipinski definition) is 3. The van der Waals surface area contributed by atoms with E-state index < -0.39 is 97.5 Å². The molecule has 0 aromatic rings. The number of aliphatic hydroxyl groups is 1. The van der Waals surface area contributed by atoms with Crippen molar-refractivity contribution in [1.82, 2.24) is 0 Å². The molecule has 0 radical (unpaired) electrons. The van der Waals surface area contributed by atoms with E-state index in [4.69, 9.17) is 37.0 Å². The molecule has 0 aliphatic heterocycles. The molecule has 0 heterocycles. The minimum absolute atomic E-state index is 0.102. The van der Waals surface area contributed by atoms with Crippen LogP contribution in [0.15, 0.2) is 0 Å². The second-order valence-electron chi connectivity index (χ2n) is 27.8. The predicted molar refractivity (Wildman–Crippen MR) is 372 cm³/mol. The Hall–Kier alpha value is -1.94. The zero-order valence-electron chi connectivity index (χ0n) is 60.0. The molecule has 2 unspecified atom stereocenters. The first-order valence-corrected chi connectivity index (χ1v) is 40.8. The second-order valence-corrected chi connectivity index (χ2v) is 30.7. The van der Waals surface area contributed by atoms with Crippen LogP contribution in [0.2, 0.25) is 0 Å². The summed E-state index contributed by atoms with van der Waals surface area (Å²) in [5.74, 6) is 0.136. The Kier molecular flexibility index (Phi) is 62.4. The highest BCUT2D eigenvalue weighted by molar-refractivity contribution is 7.47. The zero-order chi connectivity index (χ0) is 68.0. The summed E-state index contributed by atoms with van der Waals surface area (Å²) in [6.07, 6.45) is 48.8. The van der Waals surface area contributed by atoms with Gasteiger partial charge in [0.25, 0.3) is 0 Å². The van der Waals surface area contributed by atoms with Gasteiger partial charge in [0.1, 0.15) is 19.3 Å². The Bertz CT molecular complexity index is 1800. The summed E-state index contributed by atoms with van der Waals surface area (Å²) < 4.78 is 68.3. The van der Waals surface area contributed by atoms with Gasteiger partial charge in [-0.1, -0.05) is 318 Å². The quantitative estimate of drug-likeness (QED) is 0.0222. The van der Waals surface area contributed by atoms with Crippen LogP contribution in [0.5, 0.6) is 0 Å². The average Bonchev–Trinajstić information content (AvgIpc) is 1.92. The number of aliphatic hydroxyl groups excluding tert-OH is 1. The van der Waals surface area contributed by atoms with Gasteiger partial charge in [0.15, 0.2) is 12.2 Å². The fourth-order valence-corrected chi connectivity index (χ4v) is 12.7. The number of unbranched alkanes of at least 4 members (excludes halogenated alkanes) is 39. The van der Waals surface area contributed by atoms with Gasteiger partial charge in [0.05, 0.1) is 26.4 Å². The van der Waals surface area contributed by atoms with Crippen molar-refractivity contribution in [2.75, 3.05) is 39.6 Å². The number of phosphoric ester groups is 2. The molecular weight excluding hydrogens is 1210 g/mol. The summed E-state index contributed by atoms with van der Waals surface area (Å²) >= 11 is 0. The van der Waals surface area contributed by atoms with Gasteiger partial charge in [-0.25, -0.2) is 9.13 Å². The third-order valence-corrected chi connectivity index (χ3v) is 18.8. The van der Waals surface area contributed by atoms with Crippen molar-refractivity contribution >= 4 is 39.5 Å². The second kappa shape index (κ2) is 63.8. The Balaban J connectivity index is 5.20. The van der Waals surface area contributed by atoms with Gasteiger partial charge in [-0.05, 0) is 43.4 Å². The van der Waals surface area contributed by atoms with Gasteiger partial charge >= 0.3 is 39.5 Å². The first-order valence-electron chi connectivity index (χ1n) is 37.8. The number of phosphoric acid groups is 2. The molecule has 546 valence electrons. The number of hydrogen-bond acceptors (Lipinski definition) is 15. The van der Waals surface area contributed by atoms with Gasteiger partial charge in [0.2, 0.25) is 0 Å². The fourth-order valence-electron chi connectivity index (χ4n) is 11.1. The maximum atomic E-state index is 13.1. The molecule has 0 saturated heterocycles. The van der Waals surface area contributed by atoms with E-state index in [-0.39, 0.29) is 25.7 Å². The van der Waals surface area contributed by atoms with E-state index in [1.54, 1.807) is 0 Å². The smallest absolute Gasteiger partial charge is 0.462 e. The zero-order valence-corrected chi connectivity index (χ0v) is 61.8. The van der Waals surface area contributed by atoms with E-state index in [0.717, 1.165) is 102 Å². The first kappa shape index (κ1) is 90.1. The van der Waals surface area contributed by atoms with E-state index >= 15 is 0 Å². The molecular formula is C73H142O17P2. The number of esters is 4.